The molecule has 1 aliphatic carbocycles. The van der Waals surface area contributed by atoms with Crippen molar-refractivity contribution in [1.29, 1.82) is 0 Å². The predicted molar refractivity (Wildman–Crippen MR) is 210 cm³/mol. The number of aromatic amines is 2. The van der Waals surface area contributed by atoms with Crippen LogP contribution >= 0.6 is 0 Å². The molecule has 0 saturated heterocycles. The van der Waals surface area contributed by atoms with Crippen LogP contribution in [0, 0.1) is 19.8 Å². The average molecular weight is 749 g/mol. The fourth-order valence-electron chi connectivity index (χ4n) is 8.26. The number of nitrogens with zero attached hydrogens (tertiary/aromatic N) is 2. The molecule has 2 atom stereocenters. The van der Waals surface area contributed by atoms with Crippen molar-refractivity contribution >= 4 is 62.7 Å². The number of carbonyl (C=O) groups excluding carboxylic acids is 4. The first kappa shape index (κ1) is 38.9. The van der Waals surface area contributed by atoms with E-state index in [9.17, 15) is 19.2 Å². The number of ether oxygens (including phenoxy) is 4. The van der Waals surface area contributed by atoms with Gasteiger partial charge in [0.2, 0.25) is 0 Å². The summed E-state index contributed by atoms with van der Waals surface area (Å²) >= 11 is 0. The number of aromatic nitrogens is 4. The second kappa shape index (κ2) is 15.2. The molecule has 6 rings (SSSR count). The van der Waals surface area contributed by atoms with E-state index in [0.717, 1.165) is 61.2 Å². The second-order valence-electron chi connectivity index (χ2n) is 14.7. The summed E-state index contributed by atoms with van der Waals surface area (Å²) < 4.78 is 20.5. The number of fused-ring (bicyclic) bond motifs is 11. The maximum absolute atomic E-state index is 13.8. The quantitative estimate of drug-likeness (QED) is 0.168. The molecule has 8 bridgehead atoms. The number of aryl methyl sites for hydroxylation is 3. The minimum absolute atomic E-state index is 0.138. The number of methoxy groups -OCH3 is 4. The molecule has 0 fully saturated rings. The lowest BCUT2D eigenvalue weighted by atomic mass is 9.64. The first-order valence-electron chi connectivity index (χ1n) is 18.4. The fraction of sp³-hybridized carbons (Fsp3) is 0.395. The number of nitrogens with one attached hydrogen (secondary N) is 2. The standard InChI is InChI=1S/C43H48N4O8/c1-21(2)39-24(5)30-17-34-28-14-11-27(41(50)54-9)40(42(51)55-10)43(28,6)36(47-34)20-31-23(4)26(13-16-38(49)53-8)33(45-31)19-32-25(12-15-37(48)52-7)22(3)29(44-32)18-35(39)46-30/h11,14,17-21,40,45-46H,12-13,15-16H2,1-10H3. The van der Waals surface area contributed by atoms with Crippen LogP contribution in [0.1, 0.15) is 97.9 Å². The van der Waals surface area contributed by atoms with Gasteiger partial charge < -0.3 is 28.9 Å². The predicted octanol–water partition coefficient (Wildman–Crippen LogP) is 7.29. The van der Waals surface area contributed by atoms with Gasteiger partial charge in [0.05, 0.1) is 62.2 Å². The summed E-state index contributed by atoms with van der Waals surface area (Å²) in [7, 11) is 5.32. The van der Waals surface area contributed by atoms with E-state index in [0.29, 0.717) is 35.4 Å². The molecule has 3 aliphatic rings. The molecule has 0 spiro atoms. The topological polar surface area (TPSA) is 163 Å². The molecule has 2 unspecified atom stereocenters. The summed E-state index contributed by atoms with van der Waals surface area (Å²) in [6, 6.07) is 7.90. The van der Waals surface area contributed by atoms with Gasteiger partial charge in [-0.1, -0.05) is 26.0 Å². The Bertz CT molecular complexity index is 2390. The molecule has 2 aliphatic heterocycles. The van der Waals surface area contributed by atoms with E-state index in [2.05, 4.69) is 30.7 Å². The molecule has 0 amide bonds. The Hall–Kier alpha value is -5.78. The lowest BCUT2D eigenvalue weighted by molar-refractivity contribution is -0.149. The van der Waals surface area contributed by atoms with Gasteiger partial charge in [0.1, 0.15) is 5.92 Å². The van der Waals surface area contributed by atoms with Gasteiger partial charge >= 0.3 is 23.9 Å². The van der Waals surface area contributed by atoms with Crippen LogP contribution in [-0.2, 0) is 50.0 Å². The summed E-state index contributed by atoms with van der Waals surface area (Å²) in [4.78, 5) is 69.4. The number of H-pyrrole nitrogens is 2. The molecule has 3 aromatic rings. The summed E-state index contributed by atoms with van der Waals surface area (Å²) in [6.45, 7) is 12.2. The highest BCUT2D eigenvalue weighted by Gasteiger charge is 2.53. The van der Waals surface area contributed by atoms with Crippen molar-refractivity contribution in [2.24, 2.45) is 5.92 Å². The first-order valence-corrected chi connectivity index (χ1v) is 18.4. The van der Waals surface area contributed by atoms with Crippen LogP contribution in [0.2, 0.25) is 0 Å². The average Bonchev–Trinajstić information content (AvgIpc) is 3.82. The van der Waals surface area contributed by atoms with E-state index in [4.69, 9.17) is 28.9 Å². The zero-order valence-corrected chi connectivity index (χ0v) is 33.1. The van der Waals surface area contributed by atoms with Crippen molar-refractivity contribution in [1.82, 2.24) is 19.9 Å². The lowest BCUT2D eigenvalue weighted by Crippen LogP contribution is -2.42. The molecule has 2 N–H and O–H groups in total. The fourth-order valence-corrected chi connectivity index (χ4v) is 8.26. The third-order valence-electron chi connectivity index (χ3n) is 11.3. The van der Waals surface area contributed by atoms with Gasteiger partial charge in [-0.05, 0) is 110 Å². The maximum Gasteiger partial charge on any atom is 0.334 e. The molecule has 0 aromatic carbocycles. The molecular formula is C43H48N4O8. The van der Waals surface area contributed by atoms with Gasteiger partial charge in [0.25, 0.3) is 0 Å². The summed E-state index contributed by atoms with van der Waals surface area (Å²) in [5.74, 6) is -2.83. The van der Waals surface area contributed by atoms with Crippen molar-refractivity contribution in [3.63, 3.8) is 0 Å². The van der Waals surface area contributed by atoms with Crippen molar-refractivity contribution < 1.29 is 38.1 Å². The lowest BCUT2D eigenvalue weighted by Gasteiger charge is -2.36. The molecule has 12 nitrogen and oxygen atoms in total. The Morgan fingerprint density at radius 1 is 0.727 bits per heavy atom. The van der Waals surface area contributed by atoms with E-state index in [1.807, 2.05) is 51.1 Å². The highest BCUT2D eigenvalue weighted by molar-refractivity contribution is 6.02. The van der Waals surface area contributed by atoms with Gasteiger partial charge in [0.15, 0.2) is 0 Å². The highest BCUT2D eigenvalue weighted by Crippen LogP contribution is 2.52. The molecule has 3 aromatic heterocycles. The zero-order chi connectivity index (χ0) is 39.9. The second-order valence-corrected chi connectivity index (χ2v) is 14.7. The van der Waals surface area contributed by atoms with Crippen molar-refractivity contribution in [2.75, 3.05) is 28.4 Å². The Morgan fingerprint density at radius 3 is 1.98 bits per heavy atom. The number of hydrogen-bond acceptors (Lipinski definition) is 10. The highest BCUT2D eigenvalue weighted by atomic mass is 16.5. The normalized spacial score (nSPS) is 17.7. The largest absolute Gasteiger partial charge is 0.469 e. The molecule has 0 radical (unpaired) electrons. The van der Waals surface area contributed by atoms with Gasteiger partial charge in [-0.15, -0.1) is 0 Å². The molecule has 0 saturated carbocycles. The van der Waals surface area contributed by atoms with Crippen molar-refractivity contribution in [3.05, 3.63) is 87.0 Å². The van der Waals surface area contributed by atoms with Crippen LogP contribution in [-0.4, -0.2) is 72.3 Å². The Labute approximate surface area is 320 Å². The third kappa shape index (κ3) is 6.78. The van der Waals surface area contributed by atoms with Crippen LogP contribution < -0.4 is 0 Å². The molecular weight excluding hydrogens is 700 g/mol. The Morgan fingerprint density at radius 2 is 1.35 bits per heavy atom. The molecule has 12 heteroatoms. The number of esters is 4. The van der Waals surface area contributed by atoms with Crippen LogP contribution in [0.15, 0.2) is 42.0 Å². The van der Waals surface area contributed by atoms with E-state index in [-0.39, 0.29) is 36.3 Å². The summed E-state index contributed by atoms with van der Waals surface area (Å²) in [5.41, 5.74) is 11.3. The van der Waals surface area contributed by atoms with Crippen molar-refractivity contribution in [3.8, 4) is 0 Å². The number of hydrogen-bond donors (Lipinski definition) is 2. The smallest absolute Gasteiger partial charge is 0.334 e. The van der Waals surface area contributed by atoms with E-state index < -0.39 is 23.3 Å². The van der Waals surface area contributed by atoms with Gasteiger partial charge in [-0.25, -0.2) is 9.78 Å². The van der Waals surface area contributed by atoms with Crippen LogP contribution in [0.3, 0.4) is 0 Å². The minimum Gasteiger partial charge on any atom is -0.469 e. The van der Waals surface area contributed by atoms with Gasteiger partial charge in [-0.3, -0.25) is 19.4 Å². The Kier molecular flexibility index (Phi) is 10.7. The maximum atomic E-state index is 13.8. The van der Waals surface area contributed by atoms with E-state index in [1.54, 1.807) is 6.08 Å². The zero-order valence-electron chi connectivity index (χ0n) is 33.1. The number of rotatable bonds is 9. The Balaban J connectivity index is 1.77. The molecule has 55 heavy (non-hydrogen) atoms. The number of carbonyl (C=O) groups is 4. The van der Waals surface area contributed by atoms with Gasteiger partial charge in [0, 0.05) is 34.9 Å². The first-order chi connectivity index (χ1) is 26.2. The van der Waals surface area contributed by atoms with Crippen LogP contribution in [0.4, 0.5) is 0 Å². The van der Waals surface area contributed by atoms with E-state index >= 15 is 0 Å². The summed E-state index contributed by atoms with van der Waals surface area (Å²) in [6.07, 6.45) is 4.55. The summed E-state index contributed by atoms with van der Waals surface area (Å²) in [5, 5.41) is 0. The third-order valence-corrected chi connectivity index (χ3v) is 11.3. The van der Waals surface area contributed by atoms with E-state index in [1.165, 1.54) is 28.4 Å². The molecule has 5 heterocycles. The van der Waals surface area contributed by atoms with Crippen molar-refractivity contribution in [2.45, 2.75) is 78.6 Å². The van der Waals surface area contributed by atoms with Crippen LogP contribution in [0.25, 0.3) is 38.8 Å². The number of allylic oxidation sites excluding steroid dienone is 5. The van der Waals surface area contributed by atoms with Crippen LogP contribution in [0.5, 0.6) is 0 Å². The molecule has 288 valence electrons. The monoisotopic (exact) mass is 748 g/mol. The van der Waals surface area contributed by atoms with Gasteiger partial charge in [-0.2, -0.15) is 0 Å². The SMILES string of the molecule is COC(=O)CCC1=C(C)c2cc3[nH]c(cc4nc(cc5[nH]c(cc1n2)c(CCC(=O)OC)c5C)C1(C)C4=CC=C(C(=O)OC)C1C(=O)OC)c(C)c3C(C)C. The minimum atomic E-state index is -1.14.